The van der Waals surface area contributed by atoms with Crippen LogP contribution in [0.25, 0.3) is 0 Å². The number of rotatable bonds is 4. The Morgan fingerprint density at radius 2 is 2.04 bits per heavy atom. The average Bonchev–Trinajstić information content (AvgIpc) is 3.22. The van der Waals surface area contributed by atoms with E-state index in [1.165, 1.54) is 0 Å². The van der Waals surface area contributed by atoms with E-state index >= 15 is 0 Å². The Morgan fingerprint density at radius 3 is 2.68 bits per heavy atom. The standard InChI is InChI=1S/C19H21NO5/c1-11(2)24-18(22)15-14-8-9-19(25-14)10-20(17(21)16(15)19)12-4-6-13(23-3)7-5-12/h4-9,11,14-16H,10H2,1-3H3/t14-,15-,16-,19-/m0/s1. The Bertz CT molecular complexity index is 741. The minimum atomic E-state index is -0.734. The molecule has 25 heavy (non-hydrogen) atoms. The molecule has 4 rings (SSSR count). The van der Waals surface area contributed by atoms with Crippen molar-refractivity contribution in [3.05, 3.63) is 36.4 Å². The second-order valence-corrected chi connectivity index (χ2v) is 7.01. The minimum absolute atomic E-state index is 0.0947. The van der Waals surface area contributed by atoms with E-state index < -0.39 is 17.4 Å². The Morgan fingerprint density at radius 1 is 1.32 bits per heavy atom. The summed E-state index contributed by atoms with van der Waals surface area (Å²) in [5.41, 5.74) is 0.0357. The first-order valence-electron chi connectivity index (χ1n) is 8.48. The van der Waals surface area contributed by atoms with Gasteiger partial charge in [-0.25, -0.2) is 0 Å². The molecule has 1 aromatic rings. The smallest absolute Gasteiger partial charge is 0.313 e. The third kappa shape index (κ3) is 2.35. The molecular formula is C19H21NO5. The van der Waals surface area contributed by atoms with E-state index in [9.17, 15) is 9.59 Å². The van der Waals surface area contributed by atoms with Crippen molar-refractivity contribution in [3.8, 4) is 5.75 Å². The largest absolute Gasteiger partial charge is 0.497 e. The van der Waals surface area contributed by atoms with Crippen molar-refractivity contribution >= 4 is 17.6 Å². The molecule has 0 aromatic heterocycles. The van der Waals surface area contributed by atoms with Gasteiger partial charge in [0.15, 0.2) is 0 Å². The number of fused-ring (bicyclic) bond motifs is 1. The van der Waals surface area contributed by atoms with E-state index in [4.69, 9.17) is 14.2 Å². The molecule has 2 saturated heterocycles. The van der Waals surface area contributed by atoms with E-state index in [1.807, 2.05) is 36.4 Å². The lowest BCUT2D eigenvalue weighted by molar-refractivity contribution is -0.156. The van der Waals surface area contributed by atoms with Crippen molar-refractivity contribution in [2.24, 2.45) is 11.8 Å². The molecule has 1 aromatic carbocycles. The fourth-order valence-electron chi connectivity index (χ4n) is 4.06. The van der Waals surface area contributed by atoms with Crippen molar-refractivity contribution in [1.82, 2.24) is 0 Å². The summed E-state index contributed by atoms with van der Waals surface area (Å²) in [5, 5.41) is 0. The maximum absolute atomic E-state index is 13.1. The van der Waals surface area contributed by atoms with Gasteiger partial charge in [0.05, 0.1) is 31.8 Å². The van der Waals surface area contributed by atoms with Gasteiger partial charge in [0, 0.05) is 5.69 Å². The van der Waals surface area contributed by atoms with Gasteiger partial charge < -0.3 is 19.1 Å². The van der Waals surface area contributed by atoms with Crippen LogP contribution in [0.15, 0.2) is 36.4 Å². The van der Waals surface area contributed by atoms with E-state index in [1.54, 1.807) is 25.9 Å². The highest BCUT2D eigenvalue weighted by molar-refractivity contribution is 6.02. The number of amides is 1. The van der Waals surface area contributed by atoms with Crippen LogP contribution in [0, 0.1) is 11.8 Å². The van der Waals surface area contributed by atoms with Crippen LogP contribution >= 0.6 is 0 Å². The number of hydrogen-bond acceptors (Lipinski definition) is 5. The number of carbonyl (C=O) groups excluding carboxylic acids is 2. The lowest BCUT2D eigenvalue weighted by Crippen LogP contribution is -2.40. The van der Waals surface area contributed by atoms with Crippen molar-refractivity contribution in [2.45, 2.75) is 31.7 Å². The van der Waals surface area contributed by atoms with Gasteiger partial charge in [-0.05, 0) is 38.1 Å². The first-order valence-corrected chi connectivity index (χ1v) is 8.48. The fourth-order valence-corrected chi connectivity index (χ4v) is 4.06. The molecule has 2 bridgehead atoms. The van der Waals surface area contributed by atoms with Crippen molar-refractivity contribution in [2.75, 3.05) is 18.6 Å². The van der Waals surface area contributed by atoms with E-state index in [0.29, 0.717) is 6.54 Å². The molecule has 6 heteroatoms. The molecule has 0 N–H and O–H groups in total. The summed E-state index contributed by atoms with van der Waals surface area (Å²) in [6, 6.07) is 7.30. The number of esters is 1. The lowest BCUT2D eigenvalue weighted by atomic mass is 9.77. The third-order valence-electron chi connectivity index (χ3n) is 5.11. The van der Waals surface area contributed by atoms with Crippen LogP contribution in [0.1, 0.15) is 13.8 Å². The van der Waals surface area contributed by atoms with Crippen LogP contribution in [0.4, 0.5) is 5.69 Å². The average molecular weight is 343 g/mol. The number of anilines is 1. The zero-order valence-corrected chi connectivity index (χ0v) is 14.5. The monoisotopic (exact) mass is 343 g/mol. The number of hydrogen-bond donors (Lipinski definition) is 0. The van der Waals surface area contributed by atoms with E-state index in [-0.39, 0.29) is 24.1 Å². The predicted molar refractivity (Wildman–Crippen MR) is 90.3 cm³/mol. The first kappa shape index (κ1) is 16.1. The molecule has 1 spiro atoms. The predicted octanol–water partition coefficient (Wildman–Crippen LogP) is 1.93. The Balaban J connectivity index is 1.64. The summed E-state index contributed by atoms with van der Waals surface area (Å²) in [5.74, 6) is -0.841. The summed E-state index contributed by atoms with van der Waals surface area (Å²) < 4.78 is 16.6. The maximum atomic E-state index is 13.1. The summed E-state index contributed by atoms with van der Waals surface area (Å²) in [6.45, 7) is 4.01. The van der Waals surface area contributed by atoms with Crippen LogP contribution in [0.2, 0.25) is 0 Å². The van der Waals surface area contributed by atoms with Gasteiger partial charge in [-0.3, -0.25) is 9.59 Å². The summed E-state index contributed by atoms with van der Waals surface area (Å²) in [6.07, 6.45) is 3.22. The molecule has 0 unspecified atom stereocenters. The zero-order valence-electron chi connectivity index (χ0n) is 14.5. The van der Waals surface area contributed by atoms with E-state index in [0.717, 1.165) is 11.4 Å². The molecular weight excluding hydrogens is 322 g/mol. The second kappa shape index (κ2) is 5.59. The number of benzene rings is 1. The normalized spacial score (nSPS) is 32.4. The van der Waals surface area contributed by atoms with Gasteiger partial charge in [0.1, 0.15) is 17.3 Å². The Hall–Kier alpha value is -2.34. The van der Waals surface area contributed by atoms with Crippen LogP contribution in [0.3, 0.4) is 0 Å². The van der Waals surface area contributed by atoms with E-state index in [2.05, 4.69) is 0 Å². The van der Waals surface area contributed by atoms with Gasteiger partial charge in [0.25, 0.3) is 0 Å². The fraction of sp³-hybridized carbons (Fsp3) is 0.474. The molecule has 3 heterocycles. The lowest BCUT2D eigenvalue weighted by Gasteiger charge is -2.23. The number of ether oxygens (including phenoxy) is 3. The minimum Gasteiger partial charge on any atom is -0.497 e. The van der Waals surface area contributed by atoms with Crippen LogP contribution in [-0.4, -0.2) is 43.3 Å². The maximum Gasteiger partial charge on any atom is 0.313 e. The molecule has 3 aliphatic rings. The van der Waals surface area contributed by atoms with Gasteiger partial charge in [-0.15, -0.1) is 0 Å². The molecule has 1 amide bonds. The van der Waals surface area contributed by atoms with Crippen LogP contribution in [-0.2, 0) is 19.1 Å². The van der Waals surface area contributed by atoms with Crippen LogP contribution < -0.4 is 9.64 Å². The third-order valence-corrected chi connectivity index (χ3v) is 5.11. The number of carbonyl (C=O) groups is 2. The van der Waals surface area contributed by atoms with Gasteiger partial charge in [-0.1, -0.05) is 12.2 Å². The number of methoxy groups -OCH3 is 1. The quantitative estimate of drug-likeness (QED) is 0.617. The Kier molecular flexibility index (Phi) is 3.61. The van der Waals surface area contributed by atoms with Gasteiger partial charge in [0.2, 0.25) is 5.91 Å². The molecule has 132 valence electrons. The summed E-state index contributed by atoms with van der Waals surface area (Å²) in [7, 11) is 1.60. The summed E-state index contributed by atoms with van der Waals surface area (Å²) in [4.78, 5) is 27.3. The number of nitrogens with zero attached hydrogens (tertiary/aromatic N) is 1. The molecule has 0 saturated carbocycles. The van der Waals surface area contributed by atoms with Crippen LogP contribution in [0.5, 0.6) is 5.75 Å². The van der Waals surface area contributed by atoms with Crippen molar-refractivity contribution in [3.63, 3.8) is 0 Å². The second-order valence-electron chi connectivity index (χ2n) is 7.01. The highest BCUT2D eigenvalue weighted by atomic mass is 16.6. The van der Waals surface area contributed by atoms with Gasteiger partial charge in [-0.2, -0.15) is 0 Å². The molecule has 6 nitrogen and oxygen atoms in total. The molecule has 2 fully saturated rings. The highest BCUT2D eigenvalue weighted by Crippen LogP contribution is 2.53. The van der Waals surface area contributed by atoms with Crippen molar-refractivity contribution < 1.29 is 23.8 Å². The SMILES string of the molecule is COc1ccc(N2C[C@]34C=C[C@H](O3)[C@H](C(=O)OC(C)C)[C@H]4C2=O)cc1. The summed E-state index contributed by atoms with van der Waals surface area (Å²) >= 11 is 0. The highest BCUT2D eigenvalue weighted by Gasteiger charge is 2.67. The molecule has 3 aliphatic heterocycles. The topological polar surface area (TPSA) is 65.1 Å². The Labute approximate surface area is 146 Å². The zero-order chi connectivity index (χ0) is 17.8. The van der Waals surface area contributed by atoms with Gasteiger partial charge >= 0.3 is 5.97 Å². The molecule has 0 aliphatic carbocycles. The first-order chi connectivity index (χ1) is 11.9. The molecule has 4 atom stereocenters. The van der Waals surface area contributed by atoms with Crippen molar-refractivity contribution in [1.29, 1.82) is 0 Å². The molecule has 0 radical (unpaired) electrons.